The minimum atomic E-state index is -0.323. The molecular weight excluding hydrogens is 236 g/mol. The second-order valence-corrected chi connectivity index (χ2v) is 4.07. The predicted octanol–water partition coefficient (Wildman–Crippen LogP) is 1.85. The van der Waals surface area contributed by atoms with Crippen LogP contribution in [0, 0.1) is 0 Å². The van der Waals surface area contributed by atoms with Crippen molar-refractivity contribution in [2.45, 2.75) is 38.2 Å². The SMILES string of the molecule is CCCC(=O)OCC(COS)OC(C)S. The van der Waals surface area contributed by atoms with E-state index in [4.69, 9.17) is 9.47 Å². The van der Waals surface area contributed by atoms with E-state index >= 15 is 0 Å². The van der Waals surface area contributed by atoms with Crippen molar-refractivity contribution >= 4 is 31.5 Å². The lowest BCUT2D eigenvalue weighted by atomic mass is 10.3. The summed E-state index contributed by atoms with van der Waals surface area (Å²) < 4.78 is 15.0. The molecule has 0 fully saturated rings. The number of thiol groups is 2. The van der Waals surface area contributed by atoms with Crippen molar-refractivity contribution in [3.8, 4) is 0 Å². The monoisotopic (exact) mass is 254 g/mol. The van der Waals surface area contributed by atoms with Gasteiger partial charge in [-0.2, -0.15) is 0 Å². The summed E-state index contributed by atoms with van der Waals surface area (Å²) >= 11 is 7.70. The van der Waals surface area contributed by atoms with E-state index in [2.05, 4.69) is 29.7 Å². The molecule has 0 bridgehead atoms. The summed E-state index contributed by atoms with van der Waals surface area (Å²) in [4.78, 5) is 11.1. The summed E-state index contributed by atoms with van der Waals surface area (Å²) in [5.41, 5.74) is -0.233. The molecule has 0 saturated carbocycles. The van der Waals surface area contributed by atoms with Crippen LogP contribution in [0.1, 0.15) is 26.7 Å². The molecule has 0 rings (SSSR count). The molecule has 90 valence electrons. The maximum absolute atomic E-state index is 11.1. The van der Waals surface area contributed by atoms with Gasteiger partial charge in [-0.15, -0.1) is 12.6 Å². The van der Waals surface area contributed by atoms with Gasteiger partial charge in [-0.05, 0) is 26.3 Å². The van der Waals surface area contributed by atoms with Gasteiger partial charge in [0.15, 0.2) is 0 Å². The zero-order valence-corrected chi connectivity index (χ0v) is 10.8. The molecule has 2 atom stereocenters. The maximum Gasteiger partial charge on any atom is 0.305 e. The standard InChI is InChI=1S/C9H18O4S2/c1-3-4-9(10)11-5-8(6-12-15)13-7(2)14/h7-8,14-15H,3-6H2,1-2H3. The van der Waals surface area contributed by atoms with Gasteiger partial charge < -0.3 is 13.7 Å². The molecule has 0 N–H and O–H groups in total. The fourth-order valence-electron chi connectivity index (χ4n) is 0.951. The highest BCUT2D eigenvalue weighted by Gasteiger charge is 2.14. The van der Waals surface area contributed by atoms with Gasteiger partial charge in [0.1, 0.15) is 12.7 Å². The molecule has 0 aromatic rings. The van der Waals surface area contributed by atoms with E-state index in [1.54, 1.807) is 6.92 Å². The Kier molecular flexibility index (Phi) is 9.38. The molecule has 0 aromatic heterocycles. The van der Waals surface area contributed by atoms with E-state index in [1.807, 2.05) is 6.92 Å². The summed E-state index contributed by atoms with van der Waals surface area (Å²) in [7, 11) is 0. The molecular formula is C9H18O4S2. The molecule has 0 spiro atoms. The van der Waals surface area contributed by atoms with E-state index < -0.39 is 0 Å². The molecule has 15 heavy (non-hydrogen) atoms. The average molecular weight is 254 g/mol. The molecule has 0 aromatic carbocycles. The lowest BCUT2D eigenvalue weighted by Gasteiger charge is -2.18. The molecule has 0 heterocycles. The molecule has 2 unspecified atom stereocenters. The first-order valence-corrected chi connectivity index (χ1v) is 5.73. The topological polar surface area (TPSA) is 44.8 Å². The van der Waals surface area contributed by atoms with Crippen molar-refractivity contribution in [2.75, 3.05) is 13.2 Å². The van der Waals surface area contributed by atoms with E-state index in [0.29, 0.717) is 6.42 Å². The largest absolute Gasteiger partial charge is 0.463 e. The third-order valence-electron chi connectivity index (χ3n) is 1.53. The number of hydrogen-bond donors (Lipinski definition) is 2. The second-order valence-electron chi connectivity index (χ2n) is 3.09. The third-order valence-corrected chi connectivity index (χ3v) is 1.80. The van der Waals surface area contributed by atoms with Crippen molar-refractivity contribution in [3.63, 3.8) is 0 Å². The van der Waals surface area contributed by atoms with Gasteiger partial charge in [0.05, 0.1) is 12.0 Å². The Labute approximate surface area is 102 Å². The number of carbonyl (C=O) groups excluding carboxylic acids is 1. The summed E-state index contributed by atoms with van der Waals surface area (Å²) in [5.74, 6) is -0.225. The molecule has 4 nitrogen and oxygen atoms in total. The van der Waals surface area contributed by atoms with Crippen LogP contribution in [0.25, 0.3) is 0 Å². The van der Waals surface area contributed by atoms with Gasteiger partial charge in [0, 0.05) is 6.42 Å². The number of hydrogen-bond acceptors (Lipinski definition) is 6. The van der Waals surface area contributed by atoms with Crippen LogP contribution in [0.15, 0.2) is 0 Å². The van der Waals surface area contributed by atoms with E-state index in [-0.39, 0.29) is 30.7 Å². The molecule has 6 heteroatoms. The van der Waals surface area contributed by atoms with Crippen LogP contribution < -0.4 is 0 Å². The molecule has 0 aliphatic rings. The summed E-state index contributed by atoms with van der Waals surface area (Å²) in [6.45, 7) is 4.13. The summed E-state index contributed by atoms with van der Waals surface area (Å²) in [6.07, 6.45) is 0.872. The Balaban J connectivity index is 3.78. The zero-order valence-electron chi connectivity index (χ0n) is 9.01. The molecule has 0 amide bonds. The summed E-state index contributed by atoms with van der Waals surface area (Å²) in [6, 6.07) is 0. The normalized spacial score (nSPS) is 14.7. The van der Waals surface area contributed by atoms with Gasteiger partial charge in [0.2, 0.25) is 0 Å². The number of carbonyl (C=O) groups is 1. The van der Waals surface area contributed by atoms with Crippen molar-refractivity contribution in [1.29, 1.82) is 0 Å². The predicted molar refractivity (Wildman–Crippen MR) is 64.1 cm³/mol. The van der Waals surface area contributed by atoms with Crippen molar-refractivity contribution in [1.82, 2.24) is 0 Å². The van der Waals surface area contributed by atoms with Crippen LogP contribution >= 0.6 is 25.5 Å². The van der Waals surface area contributed by atoms with Gasteiger partial charge in [-0.3, -0.25) is 4.79 Å². The van der Waals surface area contributed by atoms with Gasteiger partial charge in [0.25, 0.3) is 0 Å². The molecule has 0 aliphatic heterocycles. The Morgan fingerprint density at radius 1 is 1.40 bits per heavy atom. The number of esters is 1. The number of ether oxygens (including phenoxy) is 2. The van der Waals surface area contributed by atoms with Crippen molar-refractivity contribution < 1.29 is 18.5 Å². The van der Waals surface area contributed by atoms with Crippen molar-refractivity contribution in [2.24, 2.45) is 0 Å². The highest BCUT2D eigenvalue weighted by molar-refractivity contribution is 7.80. The Bertz CT molecular complexity index is 175. The maximum atomic E-state index is 11.1. The Morgan fingerprint density at radius 2 is 2.07 bits per heavy atom. The van der Waals surface area contributed by atoms with E-state index in [9.17, 15) is 4.79 Å². The van der Waals surface area contributed by atoms with Gasteiger partial charge in [-0.1, -0.05) is 6.92 Å². The minimum Gasteiger partial charge on any atom is -0.463 e. The lowest BCUT2D eigenvalue weighted by molar-refractivity contribution is -0.149. The van der Waals surface area contributed by atoms with Crippen LogP contribution in [0.4, 0.5) is 0 Å². The quantitative estimate of drug-likeness (QED) is 0.300. The zero-order chi connectivity index (χ0) is 11.7. The van der Waals surface area contributed by atoms with E-state index in [1.165, 1.54) is 0 Å². The summed E-state index contributed by atoms with van der Waals surface area (Å²) in [5, 5.41) is 0. The van der Waals surface area contributed by atoms with Gasteiger partial charge >= 0.3 is 5.97 Å². The molecule has 0 radical (unpaired) electrons. The Hall–Kier alpha value is 0.0900. The van der Waals surface area contributed by atoms with Crippen LogP contribution in [-0.4, -0.2) is 30.7 Å². The van der Waals surface area contributed by atoms with Crippen LogP contribution in [0.5, 0.6) is 0 Å². The fraction of sp³-hybridized carbons (Fsp3) is 0.889. The highest BCUT2D eigenvalue weighted by atomic mass is 32.1. The van der Waals surface area contributed by atoms with Gasteiger partial charge in [-0.25, -0.2) is 0 Å². The molecule has 0 saturated heterocycles. The van der Waals surface area contributed by atoms with E-state index in [0.717, 1.165) is 6.42 Å². The van der Waals surface area contributed by atoms with Crippen molar-refractivity contribution in [3.05, 3.63) is 0 Å². The van der Waals surface area contributed by atoms with Crippen LogP contribution in [0.2, 0.25) is 0 Å². The second kappa shape index (κ2) is 9.33. The average Bonchev–Trinajstić information content (AvgIpc) is 2.14. The number of rotatable bonds is 8. The first-order chi connectivity index (χ1) is 7.10. The Morgan fingerprint density at radius 3 is 2.53 bits per heavy atom. The first kappa shape index (κ1) is 15.1. The molecule has 0 aliphatic carbocycles. The first-order valence-electron chi connectivity index (χ1n) is 4.85. The minimum absolute atomic E-state index is 0.171. The fourth-order valence-corrected chi connectivity index (χ4v) is 1.29. The third kappa shape index (κ3) is 9.04. The smallest absolute Gasteiger partial charge is 0.305 e. The van der Waals surface area contributed by atoms with Crippen LogP contribution in [-0.2, 0) is 18.5 Å². The highest BCUT2D eigenvalue weighted by Crippen LogP contribution is 2.05. The lowest BCUT2D eigenvalue weighted by Crippen LogP contribution is -2.28. The van der Waals surface area contributed by atoms with Crippen LogP contribution in [0.3, 0.4) is 0 Å².